The maximum absolute atomic E-state index is 5.36. The summed E-state index contributed by atoms with van der Waals surface area (Å²) in [6.07, 6.45) is 0. The minimum absolute atomic E-state index is 0.830. The number of morpholine rings is 1. The molecule has 0 radical (unpaired) electrons. The lowest BCUT2D eigenvalue weighted by molar-refractivity contribution is 0.0342. The molecule has 2 aromatic rings. The second-order valence-corrected chi connectivity index (χ2v) is 6.38. The fraction of sp³-hybridized carbons (Fsp3) is 0.538. The molecule has 0 unspecified atom stereocenters. The van der Waals surface area contributed by atoms with Crippen molar-refractivity contribution in [1.29, 1.82) is 0 Å². The van der Waals surface area contributed by atoms with Gasteiger partial charge in [0.25, 0.3) is 0 Å². The van der Waals surface area contributed by atoms with E-state index in [1.54, 1.807) is 22.7 Å². The topological polar surface area (TPSA) is 50.3 Å². The van der Waals surface area contributed by atoms with E-state index in [0.717, 1.165) is 60.9 Å². The van der Waals surface area contributed by atoms with Crippen LogP contribution in [0.4, 0.5) is 5.13 Å². The Kier molecular flexibility index (Phi) is 4.62. The zero-order valence-corrected chi connectivity index (χ0v) is 13.1. The van der Waals surface area contributed by atoms with E-state index in [-0.39, 0.29) is 0 Å². The van der Waals surface area contributed by atoms with Gasteiger partial charge in [0, 0.05) is 30.4 Å². The average molecular weight is 310 g/mol. The van der Waals surface area contributed by atoms with Crippen LogP contribution in [0.25, 0.3) is 11.4 Å². The third kappa shape index (κ3) is 3.35. The number of ether oxygens (including phenoxy) is 1. The second-order valence-electron chi connectivity index (χ2n) is 4.58. The first-order valence-electron chi connectivity index (χ1n) is 6.79. The Morgan fingerprint density at radius 3 is 2.75 bits per heavy atom. The first kappa shape index (κ1) is 13.9. The highest BCUT2D eigenvalue weighted by molar-refractivity contribution is 7.14. The maximum Gasteiger partial charge on any atom is 0.183 e. The van der Waals surface area contributed by atoms with Crippen molar-refractivity contribution >= 4 is 27.8 Å². The molecule has 5 nitrogen and oxygen atoms in total. The fourth-order valence-electron chi connectivity index (χ4n) is 2.08. The van der Waals surface area contributed by atoms with Gasteiger partial charge in [-0.3, -0.25) is 4.90 Å². The normalized spacial score (nSPS) is 16.4. The molecule has 3 heterocycles. The van der Waals surface area contributed by atoms with E-state index in [0.29, 0.717) is 0 Å². The third-order valence-electron chi connectivity index (χ3n) is 3.11. The summed E-state index contributed by atoms with van der Waals surface area (Å²) in [5, 5.41) is 9.51. The number of nitrogens with one attached hydrogen (secondary N) is 1. The lowest BCUT2D eigenvalue weighted by atomic mass is 10.4. The third-order valence-corrected chi connectivity index (χ3v) is 4.74. The number of hydrogen-bond donors (Lipinski definition) is 1. The monoisotopic (exact) mass is 310 g/mol. The molecule has 0 bridgehead atoms. The van der Waals surface area contributed by atoms with Gasteiger partial charge in [0.15, 0.2) is 5.13 Å². The molecule has 3 rings (SSSR count). The van der Waals surface area contributed by atoms with Crippen LogP contribution in [-0.2, 0) is 11.3 Å². The van der Waals surface area contributed by atoms with Gasteiger partial charge in [0.05, 0.1) is 19.8 Å². The molecule has 7 heteroatoms. The van der Waals surface area contributed by atoms with Crippen molar-refractivity contribution in [3.63, 3.8) is 0 Å². The minimum Gasteiger partial charge on any atom is -0.379 e. The Morgan fingerprint density at radius 2 is 1.95 bits per heavy atom. The summed E-state index contributed by atoms with van der Waals surface area (Å²) < 4.78 is 5.36. The summed E-state index contributed by atoms with van der Waals surface area (Å²) in [5.74, 6) is 0. The number of thiazole rings is 2. The summed E-state index contributed by atoms with van der Waals surface area (Å²) in [7, 11) is 0. The summed E-state index contributed by atoms with van der Waals surface area (Å²) >= 11 is 3.34. The van der Waals surface area contributed by atoms with E-state index >= 15 is 0 Å². The quantitative estimate of drug-likeness (QED) is 0.919. The van der Waals surface area contributed by atoms with Gasteiger partial charge in [-0.2, -0.15) is 0 Å². The van der Waals surface area contributed by atoms with Crippen LogP contribution in [0.3, 0.4) is 0 Å². The predicted molar refractivity (Wildman–Crippen MR) is 83.5 cm³/mol. The molecule has 108 valence electrons. The molecule has 1 aliphatic rings. The summed E-state index contributed by atoms with van der Waals surface area (Å²) in [6.45, 7) is 7.54. The van der Waals surface area contributed by atoms with Gasteiger partial charge in [0.2, 0.25) is 0 Å². The van der Waals surface area contributed by atoms with Gasteiger partial charge in [-0.25, -0.2) is 9.97 Å². The number of rotatable bonds is 5. The highest BCUT2D eigenvalue weighted by Crippen LogP contribution is 2.26. The fourth-order valence-corrected chi connectivity index (χ4v) is 3.68. The molecule has 1 aliphatic heterocycles. The highest BCUT2D eigenvalue weighted by atomic mass is 32.1. The Balaban J connectivity index is 1.65. The predicted octanol–water partition coefficient (Wildman–Crippen LogP) is 2.53. The molecule has 0 spiro atoms. The van der Waals surface area contributed by atoms with Crippen molar-refractivity contribution in [2.24, 2.45) is 0 Å². The standard InChI is InChI=1S/C13H18N4OS2/c1-2-14-13-16-11(9-20-13)10-8-19-12(15-10)7-17-3-5-18-6-4-17/h8-9H,2-7H2,1H3,(H,14,16). The van der Waals surface area contributed by atoms with Gasteiger partial charge in [-0.1, -0.05) is 0 Å². The SMILES string of the molecule is CCNc1nc(-c2csc(CN3CCOCC3)n2)cs1. The molecule has 0 atom stereocenters. The molecule has 1 N–H and O–H groups in total. The van der Waals surface area contributed by atoms with Crippen molar-refractivity contribution in [2.75, 3.05) is 38.2 Å². The molecule has 0 saturated carbocycles. The van der Waals surface area contributed by atoms with Crippen LogP contribution in [0.5, 0.6) is 0 Å². The Labute approximate surface area is 126 Å². The maximum atomic E-state index is 5.36. The van der Waals surface area contributed by atoms with Gasteiger partial charge in [-0.15, -0.1) is 22.7 Å². The first-order valence-corrected chi connectivity index (χ1v) is 8.55. The van der Waals surface area contributed by atoms with Crippen molar-refractivity contribution < 1.29 is 4.74 Å². The van der Waals surface area contributed by atoms with Crippen LogP contribution in [0.15, 0.2) is 10.8 Å². The van der Waals surface area contributed by atoms with E-state index in [1.807, 2.05) is 0 Å². The first-order chi connectivity index (χ1) is 9.85. The van der Waals surface area contributed by atoms with Gasteiger partial charge in [-0.05, 0) is 6.92 Å². The number of nitrogens with zero attached hydrogens (tertiary/aromatic N) is 3. The van der Waals surface area contributed by atoms with Crippen LogP contribution in [0.2, 0.25) is 0 Å². The van der Waals surface area contributed by atoms with E-state index in [9.17, 15) is 0 Å². The lowest BCUT2D eigenvalue weighted by Crippen LogP contribution is -2.35. The van der Waals surface area contributed by atoms with Crippen molar-refractivity contribution in [1.82, 2.24) is 14.9 Å². The van der Waals surface area contributed by atoms with E-state index < -0.39 is 0 Å². The molecule has 1 saturated heterocycles. The largest absolute Gasteiger partial charge is 0.379 e. The Hall–Kier alpha value is -1.02. The average Bonchev–Trinajstić information content (AvgIpc) is 3.10. The zero-order valence-electron chi connectivity index (χ0n) is 11.5. The Morgan fingerprint density at radius 1 is 1.20 bits per heavy atom. The minimum atomic E-state index is 0.830. The van der Waals surface area contributed by atoms with Gasteiger partial charge < -0.3 is 10.1 Å². The lowest BCUT2D eigenvalue weighted by Gasteiger charge is -2.25. The van der Waals surface area contributed by atoms with Crippen LogP contribution in [0.1, 0.15) is 11.9 Å². The number of anilines is 1. The molecular weight excluding hydrogens is 292 g/mol. The molecule has 0 aromatic carbocycles. The smallest absolute Gasteiger partial charge is 0.183 e. The van der Waals surface area contributed by atoms with Crippen molar-refractivity contribution in [2.45, 2.75) is 13.5 Å². The summed E-state index contributed by atoms with van der Waals surface area (Å²) in [4.78, 5) is 11.6. The van der Waals surface area contributed by atoms with E-state index in [2.05, 4.69) is 32.9 Å². The molecular formula is C13H18N4OS2. The van der Waals surface area contributed by atoms with Crippen LogP contribution < -0.4 is 5.32 Å². The highest BCUT2D eigenvalue weighted by Gasteiger charge is 2.14. The van der Waals surface area contributed by atoms with Crippen LogP contribution >= 0.6 is 22.7 Å². The van der Waals surface area contributed by atoms with Gasteiger partial charge >= 0.3 is 0 Å². The van der Waals surface area contributed by atoms with Crippen LogP contribution in [-0.4, -0.2) is 47.7 Å². The van der Waals surface area contributed by atoms with Crippen LogP contribution in [0, 0.1) is 0 Å². The molecule has 1 fully saturated rings. The van der Waals surface area contributed by atoms with Crippen molar-refractivity contribution in [3.05, 3.63) is 15.8 Å². The second kappa shape index (κ2) is 6.62. The Bertz CT molecular complexity index is 548. The van der Waals surface area contributed by atoms with E-state index in [4.69, 9.17) is 9.72 Å². The molecule has 0 aliphatic carbocycles. The van der Waals surface area contributed by atoms with Crippen molar-refractivity contribution in [3.8, 4) is 11.4 Å². The summed E-state index contributed by atoms with van der Waals surface area (Å²) in [5.41, 5.74) is 1.95. The number of aromatic nitrogens is 2. The van der Waals surface area contributed by atoms with E-state index in [1.165, 1.54) is 0 Å². The molecule has 20 heavy (non-hydrogen) atoms. The zero-order chi connectivity index (χ0) is 13.8. The molecule has 2 aromatic heterocycles. The molecule has 0 amide bonds. The van der Waals surface area contributed by atoms with Gasteiger partial charge in [0.1, 0.15) is 16.4 Å². The number of hydrogen-bond acceptors (Lipinski definition) is 7. The summed E-state index contributed by atoms with van der Waals surface area (Å²) in [6, 6.07) is 0.